The van der Waals surface area contributed by atoms with Crippen molar-refractivity contribution >= 4 is 34.2 Å². The van der Waals surface area contributed by atoms with E-state index in [1.807, 2.05) is 38.1 Å². The van der Waals surface area contributed by atoms with Crippen LogP contribution < -0.4 is 5.32 Å². The van der Waals surface area contributed by atoms with Gasteiger partial charge in [0.2, 0.25) is 0 Å². The SMILES string of the molecule is CCOC(=O)c1c(NC(=O)COC(C)=O)sc(C)c1-c1ccc(C)cc1. The largest absolute Gasteiger partial charge is 0.462 e. The smallest absolute Gasteiger partial charge is 0.341 e. The van der Waals surface area contributed by atoms with Crippen LogP contribution in [-0.4, -0.2) is 31.1 Å². The molecule has 0 unspecified atom stereocenters. The van der Waals surface area contributed by atoms with Crippen molar-refractivity contribution in [2.75, 3.05) is 18.5 Å². The molecule has 2 aromatic rings. The Morgan fingerprint density at radius 2 is 1.73 bits per heavy atom. The third-order valence-corrected chi connectivity index (χ3v) is 4.58. The third-order valence-electron chi connectivity index (χ3n) is 3.56. The van der Waals surface area contributed by atoms with Gasteiger partial charge in [0.25, 0.3) is 5.91 Å². The number of anilines is 1. The molecule has 0 aliphatic rings. The quantitative estimate of drug-likeness (QED) is 0.779. The summed E-state index contributed by atoms with van der Waals surface area (Å²) in [4.78, 5) is 36.3. The number of hydrogen-bond donors (Lipinski definition) is 1. The standard InChI is InChI=1S/C19H21NO5S/c1-5-24-19(23)17-16(14-8-6-11(2)7-9-14)12(3)26-18(17)20-15(22)10-25-13(4)21/h6-9H,5,10H2,1-4H3,(H,20,22). The number of amides is 1. The highest BCUT2D eigenvalue weighted by Crippen LogP contribution is 2.40. The van der Waals surface area contributed by atoms with Crippen LogP contribution in [0.2, 0.25) is 0 Å². The van der Waals surface area contributed by atoms with E-state index in [-0.39, 0.29) is 6.61 Å². The molecule has 138 valence electrons. The maximum Gasteiger partial charge on any atom is 0.341 e. The summed E-state index contributed by atoms with van der Waals surface area (Å²) in [5.74, 6) is -1.56. The number of ether oxygens (including phenoxy) is 2. The van der Waals surface area contributed by atoms with Gasteiger partial charge in [-0.15, -0.1) is 11.3 Å². The molecule has 0 saturated heterocycles. The topological polar surface area (TPSA) is 81.7 Å². The number of carbonyl (C=O) groups is 3. The van der Waals surface area contributed by atoms with Gasteiger partial charge in [0.1, 0.15) is 10.6 Å². The summed E-state index contributed by atoms with van der Waals surface area (Å²) in [6, 6.07) is 7.77. The number of esters is 2. The molecule has 1 aromatic heterocycles. The van der Waals surface area contributed by atoms with Gasteiger partial charge in [0, 0.05) is 17.4 Å². The fourth-order valence-corrected chi connectivity index (χ4v) is 3.51. The number of thiophene rings is 1. The predicted molar refractivity (Wildman–Crippen MR) is 100 cm³/mol. The first kappa shape index (κ1) is 19.7. The Labute approximate surface area is 156 Å². The number of nitrogens with one attached hydrogen (secondary N) is 1. The fraction of sp³-hybridized carbons (Fsp3) is 0.316. The van der Waals surface area contributed by atoms with Gasteiger partial charge in [0.05, 0.1) is 6.61 Å². The van der Waals surface area contributed by atoms with Crippen molar-refractivity contribution in [1.82, 2.24) is 0 Å². The minimum atomic E-state index is -0.548. The first-order chi connectivity index (χ1) is 12.3. The molecule has 0 spiro atoms. The third kappa shape index (κ3) is 4.70. The second-order valence-electron chi connectivity index (χ2n) is 5.65. The number of carbonyl (C=O) groups excluding carboxylic acids is 3. The number of hydrogen-bond acceptors (Lipinski definition) is 6. The van der Waals surface area contributed by atoms with E-state index in [4.69, 9.17) is 9.47 Å². The van der Waals surface area contributed by atoms with Crippen molar-refractivity contribution in [1.29, 1.82) is 0 Å². The molecule has 0 fully saturated rings. The maximum absolute atomic E-state index is 12.5. The van der Waals surface area contributed by atoms with Crippen molar-refractivity contribution < 1.29 is 23.9 Å². The highest BCUT2D eigenvalue weighted by atomic mass is 32.1. The van der Waals surface area contributed by atoms with Gasteiger partial charge in [-0.05, 0) is 26.3 Å². The first-order valence-electron chi connectivity index (χ1n) is 8.14. The summed E-state index contributed by atoms with van der Waals surface area (Å²) in [6.45, 7) is 6.63. The van der Waals surface area contributed by atoms with Crippen LogP contribution in [0.4, 0.5) is 5.00 Å². The van der Waals surface area contributed by atoms with Gasteiger partial charge in [-0.2, -0.15) is 0 Å². The maximum atomic E-state index is 12.5. The lowest BCUT2D eigenvalue weighted by atomic mass is 10.0. The van der Waals surface area contributed by atoms with Crippen LogP contribution in [0.3, 0.4) is 0 Å². The molecule has 6 nitrogen and oxygen atoms in total. The highest BCUT2D eigenvalue weighted by molar-refractivity contribution is 7.17. The molecule has 0 radical (unpaired) electrons. The Balaban J connectivity index is 2.43. The van der Waals surface area contributed by atoms with E-state index in [1.54, 1.807) is 6.92 Å². The van der Waals surface area contributed by atoms with E-state index < -0.39 is 24.5 Å². The van der Waals surface area contributed by atoms with Crippen LogP contribution in [0.1, 0.15) is 34.6 Å². The lowest BCUT2D eigenvalue weighted by Gasteiger charge is -2.09. The van der Waals surface area contributed by atoms with Crippen LogP contribution in [0.25, 0.3) is 11.1 Å². The van der Waals surface area contributed by atoms with Gasteiger partial charge in [-0.25, -0.2) is 4.79 Å². The molecule has 1 heterocycles. The molecule has 0 atom stereocenters. The average Bonchev–Trinajstić information content (AvgIpc) is 2.90. The number of rotatable bonds is 6. The van der Waals surface area contributed by atoms with Gasteiger partial charge >= 0.3 is 11.9 Å². The van der Waals surface area contributed by atoms with Gasteiger partial charge in [-0.3, -0.25) is 9.59 Å². The molecule has 1 N–H and O–H groups in total. The van der Waals surface area contributed by atoms with Gasteiger partial charge < -0.3 is 14.8 Å². The van der Waals surface area contributed by atoms with Gasteiger partial charge in [-0.1, -0.05) is 29.8 Å². The van der Waals surface area contributed by atoms with Crippen molar-refractivity contribution in [3.8, 4) is 11.1 Å². The fourth-order valence-electron chi connectivity index (χ4n) is 2.43. The zero-order chi connectivity index (χ0) is 19.3. The second-order valence-corrected chi connectivity index (χ2v) is 6.88. The monoisotopic (exact) mass is 375 g/mol. The van der Waals surface area contributed by atoms with Crippen LogP contribution in [0.15, 0.2) is 24.3 Å². The summed E-state index contributed by atoms with van der Waals surface area (Å²) in [5, 5.41) is 3.03. The van der Waals surface area contributed by atoms with E-state index in [1.165, 1.54) is 18.3 Å². The van der Waals surface area contributed by atoms with Crippen LogP contribution in [-0.2, 0) is 19.1 Å². The highest BCUT2D eigenvalue weighted by Gasteiger charge is 2.25. The molecule has 26 heavy (non-hydrogen) atoms. The number of benzene rings is 1. The Hall–Kier alpha value is -2.67. The Morgan fingerprint density at radius 1 is 1.08 bits per heavy atom. The van der Waals surface area contributed by atoms with E-state index in [0.29, 0.717) is 10.6 Å². The molecule has 0 saturated carbocycles. The predicted octanol–water partition coefficient (Wildman–Crippen LogP) is 3.71. The van der Waals surface area contributed by atoms with Crippen molar-refractivity contribution in [2.45, 2.75) is 27.7 Å². The molecule has 0 aliphatic carbocycles. The molecule has 1 amide bonds. The lowest BCUT2D eigenvalue weighted by Crippen LogP contribution is -2.20. The zero-order valence-corrected chi connectivity index (χ0v) is 16.0. The first-order valence-corrected chi connectivity index (χ1v) is 8.95. The van der Waals surface area contributed by atoms with Crippen molar-refractivity contribution in [2.24, 2.45) is 0 Å². The molecule has 0 aliphatic heterocycles. The average molecular weight is 375 g/mol. The van der Waals surface area contributed by atoms with Crippen molar-refractivity contribution in [3.05, 3.63) is 40.3 Å². The van der Waals surface area contributed by atoms with Crippen LogP contribution in [0.5, 0.6) is 0 Å². The van der Waals surface area contributed by atoms with E-state index in [2.05, 4.69) is 5.32 Å². The zero-order valence-electron chi connectivity index (χ0n) is 15.2. The van der Waals surface area contributed by atoms with Crippen LogP contribution >= 0.6 is 11.3 Å². The molecular weight excluding hydrogens is 354 g/mol. The Kier molecular flexibility index (Phi) is 6.52. The molecule has 2 rings (SSSR count). The molecule has 1 aromatic carbocycles. The van der Waals surface area contributed by atoms with Gasteiger partial charge in [0.15, 0.2) is 6.61 Å². The molecule has 7 heteroatoms. The second kappa shape index (κ2) is 8.62. The van der Waals surface area contributed by atoms with Crippen molar-refractivity contribution in [3.63, 3.8) is 0 Å². The lowest BCUT2D eigenvalue weighted by molar-refractivity contribution is -0.144. The summed E-state index contributed by atoms with van der Waals surface area (Å²) in [7, 11) is 0. The minimum Gasteiger partial charge on any atom is -0.462 e. The summed E-state index contributed by atoms with van der Waals surface area (Å²) in [5.41, 5.74) is 3.02. The number of aryl methyl sites for hydroxylation is 2. The van der Waals surface area contributed by atoms with E-state index in [0.717, 1.165) is 21.6 Å². The van der Waals surface area contributed by atoms with Crippen LogP contribution in [0, 0.1) is 13.8 Å². The molecular formula is C19H21NO5S. The summed E-state index contributed by atoms with van der Waals surface area (Å²) in [6.07, 6.45) is 0. The summed E-state index contributed by atoms with van der Waals surface area (Å²) >= 11 is 1.28. The Bertz CT molecular complexity index is 823. The summed E-state index contributed by atoms with van der Waals surface area (Å²) < 4.78 is 9.87. The van der Waals surface area contributed by atoms with E-state index in [9.17, 15) is 14.4 Å². The Morgan fingerprint density at radius 3 is 2.31 bits per heavy atom. The normalized spacial score (nSPS) is 10.3. The molecule has 0 bridgehead atoms. The minimum absolute atomic E-state index is 0.224. The van der Waals surface area contributed by atoms with E-state index >= 15 is 0 Å².